The van der Waals surface area contributed by atoms with E-state index in [9.17, 15) is 9.70 Å². The van der Waals surface area contributed by atoms with Crippen LogP contribution < -0.4 is 0 Å². The van der Waals surface area contributed by atoms with Crippen molar-refractivity contribution < 1.29 is 4.79 Å². The Balaban J connectivity index is 1.65. The number of hydrogen-bond acceptors (Lipinski definition) is 4. The number of piperidine rings is 1. The molecule has 0 spiro atoms. The lowest BCUT2D eigenvalue weighted by atomic mass is 9.91. The van der Waals surface area contributed by atoms with Gasteiger partial charge in [-0.1, -0.05) is 23.4 Å². The van der Waals surface area contributed by atoms with Crippen molar-refractivity contribution in [2.75, 3.05) is 19.6 Å². The number of rotatable bonds is 3. The average Bonchev–Trinajstić information content (AvgIpc) is 2.97. The largest absolute Gasteiger partial charge is 0.338 e. The van der Waals surface area contributed by atoms with E-state index in [2.05, 4.69) is 36.1 Å². The molecule has 0 aromatic carbocycles. The summed E-state index contributed by atoms with van der Waals surface area (Å²) in [4.78, 5) is 27.6. The standard InChI is InChI=1S/C17H25N3O2/c1-12(2)20-10-5-13-11-14(3-4-16(13)20)17(21)19-8-6-15(18-22)7-9-19/h3-4,11-13,15-16H,5-10H2,1-2H3. The molecule has 5 nitrogen and oxygen atoms in total. The summed E-state index contributed by atoms with van der Waals surface area (Å²) < 4.78 is 0. The minimum absolute atomic E-state index is 0.112. The van der Waals surface area contributed by atoms with Gasteiger partial charge in [0.15, 0.2) is 0 Å². The molecule has 2 heterocycles. The van der Waals surface area contributed by atoms with Gasteiger partial charge in [-0.3, -0.25) is 9.69 Å². The topological polar surface area (TPSA) is 53.0 Å². The van der Waals surface area contributed by atoms with E-state index in [1.807, 2.05) is 11.0 Å². The van der Waals surface area contributed by atoms with Crippen molar-refractivity contribution in [1.82, 2.24) is 9.80 Å². The van der Waals surface area contributed by atoms with E-state index < -0.39 is 0 Å². The second-order valence-electron chi connectivity index (χ2n) is 6.88. The predicted octanol–water partition coefficient (Wildman–Crippen LogP) is 2.34. The van der Waals surface area contributed by atoms with E-state index in [1.165, 1.54) is 0 Å². The molecule has 2 fully saturated rings. The fraction of sp³-hybridized carbons (Fsp3) is 0.706. The zero-order valence-electron chi connectivity index (χ0n) is 13.4. The van der Waals surface area contributed by atoms with Gasteiger partial charge < -0.3 is 4.90 Å². The van der Waals surface area contributed by atoms with E-state index in [0.717, 1.165) is 18.5 Å². The van der Waals surface area contributed by atoms with Crippen LogP contribution in [0.4, 0.5) is 0 Å². The monoisotopic (exact) mass is 303 g/mol. The first kappa shape index (κ1) is 15.4. The first-order chi connectivity index (χ1) is 10.6. The number of fused-ring (bicyclic) bond motifs is 1. The third-order valence-electron chi connectivity index (χ3n) is 5.22. The molecule has 3 aliphatic rings. The lowest BCUT2D eigenvalue weighted by Crippen LogP contribution is -2.41. The Morgan fingerprint density at radius 1 is 1.23 bits per heavy atom. The van der Waals surface area contributed by atoms with Gasteiger partial charge in [0, 0.05) is 30.7 Å². The Labute approximate surface area is 132 Å². The SMILES string of the molecule is CC(C)N1CCC2C=C(C(=O)N3CCC(N=O)CC3)C=CC21. The summed E-state index contributed by atoms with van der Waals surface area (Å²) in [5.74, 6) is 0.572. The van der Waals surface area contributed by atoms with Crippen LogP contribution in [0, 0.1) is 10.8 Å². The molecule has 3 rings (SSSR count). The zero-order chi connectivity index (χ0) is 15.7. The molecule has 2 atom stereocenters. The van der Waals surface area contributed by atoms with E-state index in [0.29, 0.717) is 43.9 Å². The van der Waals surface area contributed by atoms with Crippen LogP contribution in [-0.4, -0.2) is 53.5 Å². The van der Waals surface area contributed by atoms with E-state index in [-0.39, 0.29) is 11.9 Å². The Hall–Kier alpha value is -1.49. The van der Waals surface area contributed by atoms with Crippen LogP contribution >= 0.6 is 0 Å². The summed E-state index contributed by atoms with van der Waals surface area (Å²) >= 11 is 0. The summed E-state index contributed by atoms with van der Waals surface area (Å²) in [6.07, 6.45) is 8.87. The van der Waals surface area contributed by atoms with Gasteiger partial charge in [0.1, 0.15) is 0 Å². The predicted molar refractivity (Wildman–Crippen MR) is 86.4 cm³/mol. The second-order valence-corrected chi connectivity index (χ2v) is 6.88. The molecule has 0 aromatic rings. The molecule has 2 aliphatic heterocycles. The van der Waals surface area contributed by atoms with Gasteiger partial charge in [-0.15, -0.1) is 0 Å². The molecule has 2 saturated heterocycles. The molecule has 1 amide bonds. The molecular formula is C17H25N3O2. The number of nitroso groups, excluding NO2 is 1. The van der Waals surface area contributed by atoms with Crippen LogP contribution in [0.2, 0.25) is 0 Å². The van der Waals surface area contributed by atoms with Gasteiger partial charge >= 0.3 is 0 Å². The number of likely N-dealkylation sites (tertiary alicyclic amines) is 2. The van der Waals surface area contributed by atoms with Crippen molar-refractivity contribution >= 4 is 5.91 Å². The van der Waals surface area contributed by atoms with Gasteiger partial charge in [-0.2, -0.15) is 4.91 Å². The lowest BCUT2D eigenvalue weighted by molar-refractivity contribution is -0.127. The average molecular weight is 303 g/mol. The van der Waals surface area contributed by atoms with Gasteiger partial charge in [-0.05, 0) is 45.6 Å². The van der Waals surface area contributed by atoms with Crippen LogP contribution in [0.1, 0.15) is 33.1 Å². The highest BCUT2D eigenvalue weighted by atomic mass is 16.3. The molecule has 2 unspecified atom stereocenters. The Kier molecular flexibility index (Phi) is 4.43. The first-order valence-electron chi connectivity index (χ1n) is 8.37. The quantitative estimate of drug-likeness (QED) is 0.752. The molecule has 0 bridgehead atoms. The molecule has 22 heavy (non-hydrogen) atoms. The molecule has 0 aromatic heterocycles. The first-order valence-corrected chi connectivity index (χ1v) is 8.37. The maximum absolute atomic E-state index is 12.6. The molecule has 0 N–H and O–H groups in total. The van der Waals surface area contributed by atoms with Gasteiger partial charge in [0.2, 0.25) is 0 Å². The van der Waals surface area contributed by atoms with E-state index in [1.54, 1.807) is 0 Å². The van der Waals surface area contributed by atoms with Crippen LogP contribution in [0.5, 0.6) is 0 Å². The highest BCUT2D eigenvalue weighted by molar-refractivity contribution is 5.96. The smallest absolute Gasteiger partial charge is 0.253 e. The van der Waals surface area contributed by atoms with Crippen LogP contribution in [-0.2, 0) is 4.79 Å². The Morgan fingerprint density at radius 3 is 2.59 bits per heavy atom. The molecule has 5 heteroatoms. The van der Waals surface area contributed by atoms with E-state index in [4.69, 9.17) is 0 Å². The van der Waals surface area contributed by atoms with Gasteiger partial charge in [-0.25, -0.2) is 0 Å². The fourth-order valence-corrected chi connectivity index (χ4v) is 3.89. The summed E-state index contributed by atoms with van der Waals surface area (Å²) in [6.45, 7) is 6.85. The molecular weight excluding hydrogens is 278 g/mol. The third-order valence-corrected chi connectivity index (χ3v) is 5.22. The minimum atomic E-state index is -0.112. The lowest BCUT2D eigenvalue weighted by Gasteiger charge is -2.32. The second kappa shape index (κ2) is 6.32. The fourth-order valence-electron chi connectivity index (χ4n) is 3.89. The molecule has 1 aliphatic carbocycles. The molecule has 0 radical (unpaired) electrons. The van der Waals surface area contributed by atoms with Crippen LogP contribution in [0.3, 0.4) is 0 Å². The zero-order valence-corrected chi connectivity index (χ0v) is 13.4. The number of carbonyl (C=O) groups is 1. The van der Waals surface area contributed by atoms with Crippen LogP contribution in [0.25, 0.3) is 0 Å². The summed E-state index contributed by atoms with van der Waals surface area (Å²) in [5.41, 5.74) is 0.823. The number of carbonyl (C=O) groups excluding carboxylic acids is 1. The number of amides is 1. The van der Waals surface area contributed by atoms with Crippen molar-refractivity contribution in [2.24, 2.45) is 11.1 Å². The summed E-state index contributed by atoms with van der Waals surface area (Å²) in [6, 6.07) is 0.875. The normalized spacial score (nSPS) is 29.6. The summed E-state index contributed by atoms with van der Waals surface area (Å²) in [5, 5.41) is 3.10. The third kappa shape index (κ3) is 2.86. The summed E-state index contributed by atoms with van der Waals surface area (Å²) in [7, 11) is 0. The van der Waals surface area contributed by atoms with Crippen molar-refractivity contribution in [3.63, 3.8) is 0 Å². The van der Waals surface area contributed by atoms with Gasteiger partial charge in [0.25, 0.3) is 5.91 Å². The minimum Gasteiger partial charge on any atom is -0.338 e. The molecule has 0 saturated carbocycles. The van der Waals surface area contributed by atoms with Crippen molar-refractivity contribution in [2.45, 2.75) is 51.2 Å². The van der Waals surface area contributed by atoms with Crippen molar-refractivity contribution in [3.8, 4) is 0 Å². The number of nitrogens with zero attached hydrogens (tertiary/aromatic N) is 3. The Morgan fingerprint density at radius 2 is 1.95 bits per heavy atom. The van der Waals surface area contributed by atoms with Crippen molar-refractivity contribution in [1.29, 1.82) is 0 Å². The molecule has 120 valence electrons. The van der Waals surface area contributed by atoms with Gasteiger partial charge in [0.05, 0.1) is 6.04 Å². The van der Waals surface area contributed by atoms with E-state index >= 15 is 0 Å². The highest BCUT2D eigenvalue weighted by Crippen LogP contribution is 2.33. The van der Waals surface area contributed by atoms with Crippen LogP contribution in [0.15, 0.2) is 29.0 Å². The Bertz CT molecular complexity index is 504. The maximum atomic E-state index is 12.6. The van der Waals surface area contributed by atoms with Crippen molar-refractivity contribution in [3.05, 3.63) is 28.7 Å². The number of hydrogen-bond donors (Lipinski definition) is 0. The maximum Gasteiger partial charge on any atom is 0.253 e. The highest BCUT2D eigenvalue weighted by Gasteiger charge is 2.35.